The van der Waals surface area contributed by atoms with E-state index in [1.807, 2.05) is 24.3 Å². The van der Waals surface area contributed by atoms with Crippen LogP contribution >= 0.6 is 0 Å². The highest BCUT2D eigenvalue weighted by molar-refractivity contribution is 5.30. The van der Waals surface area contributed by atoms with Crippen LogP contribution in [0.5, 0.6) is 5.75 Å². The average molecular weight is 225 g/mol. The lowest BCUT2D eigenvalue weighted by atomic mass is 10.1. The predicted octanol–water partition coefficient (Wildman–Crippen LogP) is 1.09. The number of benzene rings is 1. The standard InChI is InChI=1S/C12H19NO3/c1-15-11-5-2-4-10(8-11)12(9-13)16-7-3-6-14/h2,4-5,8,12,14H,3,6-7,9,13H2,1H3. The van der Waals surface area contributed by atoms with Gasteiger partial charge in [0.25, 0.3) is 0 Å². The van der Waals surface area contributed by atoms with Gasteiger partial charge >= 0.3 is 0 Å². The Morgan fingerprint density at radius 1 is 1.44 bits per heavy atom. The summed E-state index contributed by atoms with van der Waals surface area (Å²) in [5, 5.41) is 8.67. The van der Waals surface area contributed by atoms with Crippen LogP contribution in [0.4, 0.5) is 0 Å². The van der Waals surface area contributed by atoms with E-state index >= 15 is 0 Å². The SMILES string of the molecule is COc1cccc(C(CN)OCCCO)c1. The van der Waals surface area contributed by atoms with E-state index in [1.165, 1.54) is 0 Å². The van der Waals surface area contributed by atoms with E-state index in [0.29, 0.717) is 19.6 Å². The third kappa shape index (κ3) is 3.81. The molecule has 0 spiro atoms. The summed E-state index contributed by atoms with van der Waals surface area (Å²) in [5.74, 6) is 0.793. The lowest BCUT2D eigenvalue weighted by Crippen LogP contribution is -2.16. The van der Waals surface area contributed by atoms with E-state index in [-0.39, 0.29) is 12.7 Å². The van der Waals surface area contributed by atoms with Gasteiger partial charge in [0.2, 0.25) is 0 Å². The molecule has 90 valence electrons. The van der Waals surface area contributed by atoms with Gasteiger partial charge in [0.05, 0.1) is 13.2 Å². The fourth-order valence-corrected chi connectivity index (χ4v) is 1.43. The van der Waals surface area contributed by atoms with Gasteiger partial charge in [-0.15, -0.1) is 0 Å². The Morgan fingerprint density at radius 3 is 2.88 bits per heavy atom. The summed E-state index contributed by atoms with van der Waals surface area (Å²) in [6, 6.07) is 7.66. The molecule has 0 fully saturated rings. The molecular weight excluding hydrogens is 206 g/mol. The fraction of sp³-hybridized carbons (Fsp3) is 0.500. The molecule has 1 unspecified atom stereocenters. The minimum Gasteiger partial charge on any atom is -0.497 e. The summed E-state index contributed by atoms with van der Waals surface area (Å²) in [4.78, 5) is 0. The molecule has 1 aromatic carbocycles. The minimum absolute atomic E-state index is 0.134. The molecule has 0 aliphatic heterocycles. The van der Waals surface area contributed by atoms with Crippen LogP contribution in [0.2, 0.25) is 0 Å². The third-order valence-corrected chi connectivity index (χ3v) is 2.30. The van der Waals surface area contributed by atoms with Gasteiger partial charge in [-0.2, -0.15) is 0 Å². The topological polar surface area (TPSA) is 64.7 Å². The number of aliphatic hydroxyl groups is 1. The predicted molar refractivity (Wildman–Crippen MR) is 62.4 cm³/mol. The maximum atomic E-state index is 8.67. The Morgan fingerprint density at radius 2 is 2.25 bits per heavy atom. The lowest BCUT2D eigenvalue weighted by Gasteiger charge is -2.16. The van der Waals surface area contributed by atoms with Gasteiger partial charge in [-0.25, -0.2) is 0 Å². The molecule has 0 aliphatic rings. The Labute approximate surface area is 96.0 Å². The molecule has 0 radical (unpaired) electrons. The maximum Gasteiger partial charge on any atom is 0.119 e. The summed E-state index contributed by atoms with van der Waals surface area (Å²) < 4.78 is 10.7. The quantitative estimate of drug-likeness (QED) is 0.682. The largest absolute Gasteiger partial charge is 0.497 e. The molecule has 4 heteroatoms. The molecule has 16 heavy (non-hydrogen) atoms. The number of hydrogen-bond acceptors (Lipinski definition) is 4. The molecule has 0 amide bonds. The van der Waals surface area contributed by atoms with Crippen LogP contribution in [-0.4, -0.2) is 32.0 Å². The summed E-state index contributed by atoms with van der Waals surface area (Å²) in [7, 11) is 1.63. The van der Waals surface area contributed by atoms with Crippen molar-refractivity contribution < 1.29 is 14.6 Å². The highest BCUT2D eigenvalue weighted by Crippen LogP contribution is 2.21. The molecule has 4 nitrogen and oxygen atoms in total. The van der Waals surface area contributed by atoms with Gasteiger partial charge in [0.1, 0.15) is 5.75 Å². The van der Waals surface area contributed by atoms with E-state index in [4.69, 9.17) is 20.3 Å². The number of methoxy groups -OCH3 is 1. The maximum absolute atomic E-state index is 8.67. The van der Waals surface area contributed by atoms with Crippen LogP contribution in [0.1, 0.15) is 18.1 Å². The first kappa shape index (κ1) is 13.0. The summed E-state index contributed by atoms with van der Waals surface area (Å²) in [6.45, 7) is 1.06. The molecule has 0 saturated carbocycles. The van der Waals surface area contributed by atoms with E-state index in [0.717, 1.165) is 11.3 Å². The van der Waals surface area contributed by atoms with Gasteiger partial charge in [-0.05, 0) is 24.1 Å². The molecule has 0 bridgehead atoms. The second kappa shape index (κ2) is 7.22. The second-order valence-electron chi connectivity index (χ2n) is 3.45. The molecule has 3 N–H and O–H groups in total. The van der Waals surface area contributed by atoms with E-state index in [2.05, 4.69) is 0 Å². The zero-order valence-corrected chi connectivity index (χ0v) is 9.56. The van der Waals surface area contributed by atoms with Gasteiger partial charge < -0.3 is 20.3 Å². The molecular formula is C12H19NO3. The van der Waals surface area contributed by atoms with E-state index < -0.39 is 0 Å². The van der Waals surface area contributed by atoms with Crippen molar-refractivity contribution in [2.45, 2.75) is 12.5 Å². The van der Waals surface area contributed by atoms with Gasteiger partial charge in [-0.1, -0.05) is 12.1 Å². The molecule has 0 heterocycles. The second-order valence-corrected chi connectivity index (χ2v) is 3.45. The molecule has 1 atom stereocenters. The Hall–Kier alpha value is -1.10. The van der Waals surface area contributed by atoms with Gasteiger partial charge in [0.15, 0.2) is 0 Å². The molecule has 0 aliphatic carbocycles. The van der Waals surface area contributed by atoms with Crippen molar-refractivity contribution in [1.29, 1.82) is 0 Å². The van der Waals surface area contributed by atoms with E-state index in [1.54, 1.807) is 7.11 Å². The monoisotopic (exact) mass is 225 g/mol. The van der Waals surface area contributed by atoms with Crippen LogP contribution in [-0.2, 0) is 4.74 Å². The molecule has 1 rings (SSSR count). The number of rotatable bonds is 7. The van der Waals surface area contributed by atoms with Crippen molar-refractivity contribution in [2.24, 2.45) is 5.73 Å². The lowest BCUT2D eigenvalue weighted by molar-refractivity contribution is 0.0487. The number of ether oxygens (including phenoxy) is 2. The number of hydrogen-bond donors (Lipinski definition) is 2. The van der Waals surface area contributed by atoms with Crippen LogP contribution in [0.3, 0.4) is 0 Å². The van der Waals surface area contributed by atoms with Crippen molar-refractivity contribution in [2.75, 3.05) is 26.9 Å². The Bertz CT molecular complexity index is 304. The summed E-state index contributed by atoms with van der Waals surface area (Å²) >= 11 is 0. The smallest absolute Gasteiger partial charge is 0.119 e. The normalized spacial score (nSPS) is 12.4. The Balaban J connectivity index is 2.62. The highest BCUT2D eigenvalue weighted by atomic mass is 16.5. The summed E-state index contributed by atoms with van der Waals surface area (Å²) in [6.07, 6.45) is 0.488. The van der Waals surface area contributed by atoms with Crippen molar-refractivity contribution >= 4 is 0 Å². The highest BCUT2D eigenvalue weighted by Gasteiger charge is 2.10. The first-order valence-electron chi connectivity index (χ1n) is 5.38. The van der Waals surface area contributed by atoms with Crippen molar-refractivity contribution in [1.82, 2.24) is 0 Å². The Kier molecular flexibility index (Phi) is 5.85. The van der Waals surface area contributed by atoms with Crippen LogP contribution in [0, 0.1) is 0 Å². The number of aliphatic hydroxyl groups excluding tert-OH is 1. The molecule has 0 aromatic heterocycles. The third-order valence-electron chi connectivity index (χ3n) is 2.30. The van der Waals surface area contributed by atoms with Crippen molar-refractivity contribution in [3.05, 3.63) is 29.8 Å². The van der Waals surface area contributed by atoms with Crippen LogP contribution < -0.4 is 10.5 Å². The average Bonchev–Trinajstić information content (AvgIpc) is 2.35. The molecule has 1 aromatic rings. The van der Waals surface area contributed by atoms with E-state index in [9.17, 15) is 0 Å². The van der Waals surface area contributed by atoms with Crippen molar-refractivity contribution in [3.8, 4) is 5.75 Å². The fourth-order valence-electron chi connectivity index (χ4n) is 1.43. The minimum atomic E-state index is -0.137. The van der Waals surface area contributed by atoms with Gasteiger partial charge in [-0.3, -0.25) is 0 Å². The summed E-state index contributed by atoms with van der Waals surface area (Å²) in [5.41, 5.74) is 6.65. The zero-order valence-electron chi connectivity index (χ0n) is 9.56. The van der Waals surface area contributed by atoms with Gasteiger partial charge in [0, 0.05) is 19.8 Å². The van der Waals surface area contributed by atoms with Crippen LogP contribution in [0.25, 0.3) is 0 Å². The zero-order chi connectivity index (χ0) is 11.8. The molecule has 0 saturated heterocycles. The van der Waals surface area contributed by atoms with Crippen LogP contribution in [0.15, 0.2) is 24.3 Å². The number of nitrogens with two attached hydrogens (primary N) is 1. The first-order chi connectivity index (χ1) is 7.81. The first-order valence-corrected chi connectivity index (χ1v) is 5.38. The van der Waals surface area contributed by atoms with Crippen molar-refractivity contribution in [3.63, 3.8) is 0 Å².